The zero-order valence-electron chi connectivity index (χ0n) is 13.7. The first-order valence-corrected chi connectivity index (χ1v) is 9.12. The fraction of sp³-hybridized carbons (Fsp3) is 0.389. The topological polar surface area (TPSA) is 88.5 Å². The lowest BCUT2D eigenvalue weighted by Gasteiger charge is -2.29. The van der Waals surface area contributed by atoms with Gasteiger partial charge < -0.3 is 15.2 Å². The third kappa shape index (κ3) is 4.64. The standard InChI is InChI=1S/C18H20N2O4S/c21-16(20-18-19-7-10-25-18)15(13-5-8-24-9-6-13)11-12-1-3-14(4-2-12)17(22)23/h1-4,7,10,13,15H,5-6,8-9,11H2,(H,22,23)(H,19,20,21). The minimum atomic E-state index is -0.950. The molecule has 2 heterocycles. The Morgan fingerprint density at radius 3 is 2.60 bits per heavy atom. The number of thiazole rings is 1. The molecule has 0 saturated carbocycles. The molecule has 0 radical (unpaired) electrons. The molecule has 1 saturated heterocycles. The number of aromatic nitrogens is 1. The van der Waals surface area contributed by atoms with Gasteiger partial charge in [0.2, 0.25) is 5.91 Å². The molecule has 1 aliphatic rings. The van der Waals surface area contributed by atoms with Crippen molar-refractivity contribution in [3.63, 3.8) is 0 Å². The van der Waals surface area contributed by atoms with E-state index in [1.165, 1.54) is 11.3 Å². The summed E-state index contributed by atoms with van der Waals surface area (Å²) in [7, 11) is 0. The molecule has 0 bridgehead atoms. The first kappa shape index (κ1) is 17.6. The van der Waals surface area contributed by atoms with Gasteiger partial charge in [-0.2, -0.15) is 0 Å². The van der Waals surface area contributed by atoms with Crippen LogP contribution in [0.2, 0.25) is 0 Å². The maximum absolute atomic E-state index is 12.8. The van der Waals surface area contributed by atoms with Gasteiger partial charge in [0, 0.05) is 30.7 Å². The zero-order valence-corrected chi connectivity index (χ0v) is 14.5. The van der Waals surface area contributed by atoms with Crippen molar-refractivity contribution < 1.29 is 19.4 Å². The van der Waals surface area contributed by atoms with E-state index in [1.54, 1.807) is 30.5 Å². The van der Waals surface area contributed by atoms with Gasteiger partial charge in [-0.3, -0.25) is 4.79 Å². The second kappa shape index (κ2) is 8.22. The predicted octanol–water partition coefficient (Wildman–Crippen LogP) is 3.07. The van der Waals surface area contributed by atoms with Crippen LogP contribution in [-0.2, 0) is 16.0 Å². The molecular formula is C18H20N2O4S. The molecule has 0 aliphatic carbocycles. The van der Waals surface area contributed by atoms with Crippen molar-refractivity contribution in [2.24, 2.45) is 11.8 Å². The Balaban J connectivity index is 1.75. The lowest BCUT2D eigenvalue weighted by atomic mass is 9.81. The molecule has 3 rings (SSSR count). The molecule has 1 unspecified atom stereocenters. The van der Waals surface area contributed by atoms with Crippen LogP contribution in [-0.4, -0.2) is 35.2 Å². The Hall–Kier alpha value is -2.25. The largest absolute Gasteiger partial charge is 0.478 e. The van der Waals surface area contributed by atoms with E-state index in [0.29, 0.717) is 24.8 Å². The van der Waals surface area contributed by atoms with Gasteiger partial charge in [0.15, 0.2) is 5.13 Å². The fourth-order valence-electron chi connectivity index (χ4n) is 3.11. The highest BCUT2D eigenvalue weighted by molar-refractivity contribution is 7.13. The van der Waals surface area contributed by atoms with Crippen LogP contribution in [0.25, 0.3) is 0 Å². The maximum atomic E-state index is 12.8. The Kier molecular flexibility index (Phi) is 5.78. The molecule has 2 N–H and O–H groups in total. The summed E-state index contributed by atoms with van der Waals surface area (Å²) in [6.45, 7) is 1.34. The summed E-state index contributed by atoms with van der Waals surface area (Å²) in [5, 5.41) is 14.3. The minimum Gasteiger partial charge on any atom is -0.478 e. The Morgan fingerprint density at radius 2 is 2.00 bits per heavy atom. The molecule has 132 valence electrons. The van der Waals surface area contributed by atoms with Crippen LogP contribution in [0.3, 0.4) is 0 Å². The number of hydrogen-bond acceptors (Lipinski definition) is 5. The number of aromatic carboxylic acids is 1. The van der Waals surface area contributed by atoms with Crippen molar-refractivity contribution in [1.82, 2.24) is 4.98 Å². The van der Waals surface area contributed by atoms with Crippen LogP contribution in [0.5, 0.6) is 0 Å². The second-order valence-corrected chi connectivity index (χ2v) is 6.98. The van der Waals surface area contributed by atoms with E-state index in [9.17, 15) is 9.59 Å². The van der Waals surface area contributed by atoms with Gasteiger partial charge in [-0.05, 0) is 42.9 Å². The van der Waals surface area contributed by atoms with E-state index in [0.717, 1.165) is 18.4 Å². The summed E-state index contributed by atoms with van der Waals surface area (Å²) >= 11 is 1.39. The number of carboxylic acids is 1. The number of hydrogen-bond donors (Lipinski definition) is 2. The highest BCUT2D eigenvalue weighted by Crippen LogP contribution is 2.28. The average Bonchev–Trinajstić information content (AvgIpc) is 3.13. The molecule has 1 aliphatic heterocycles. The van der Waals surface area contributed by atoms with Crippen LogP contribution in [0, 0.1) is 11.8 Å². The molecule has 1 aromatic carbocycles. The van der Waals surface area contributed by atoms with E-state index >= 15 is 0 Å². The quantitative estimate of drug-likeness (QED) is 0.826. The molecule has 6 nitrogen and oxygen atoms in total. The van der Waals surface area contributed by atoms with Crippen LogP contribution in [0.4, 0.5) is 5.13 Å². The molecule has 1 fully saturated rings. The van der Waals surface area contributed by atoms with Gasteiger partial charge in [0.1, 0.15) is 0 Å². The summed E-state index contributed by atoms with van der Waals surface area (Å²) in [5.41, 5.74) is 1.20. The molecule has 25 heavy (non-hydrogen) atoms. The zero-order chi connectivity index (χ0) is 17.6. The Morgan fingerprint density at radius 1 is 1.28 bits per heavy atom. The van der Waals surface area contributed by atoms with Crippen molar-refractivity contribution in [1.29, 1.82) is 0 Å². The summed E-state index contributed by atoms with van der Waals surface area (Å²) in [6.07, 6.45) is 3.93. The van der Waals surface area contributed by atoms with Gasteiger partial charge in [0.25, 0.3) is 0 Å². The van der Waals surface area contributed by atoms with Crippen LogP contribution in [0.1, 0.15) is 28.8 Å². The van der Waals surface area contributed by atoms with Crippen LogP contribution in [0.15, 0.2) is 35.8 Å². The van der Waals surface area contributed by atoms with Crippen molar-refractivity contribution in [2.75, 3.05) is 18.5 Å². The highest BCUT2D eigenvalue weighted by atomic mass is 32.1. The number of nitrogens with zero attached hydrogens (tertiary/aromatic N) is 1. The van der Waals surface area contributed by atoms with Gasteiger partial charge in [-0.25, -0.2) is 9.78 Å². The molecular weight excluding hydrogens is 340 g/mol. The maximum Gasteiger partial charge on any atom is 0.335 e. The number of benzene rings is 1. The summed E-state index contributed by atoms with van der Waals surface area (Å²) in [4.78, 5) is 27.9. The third-order valence-corrected chi connectivity index (χ3v) is 5.18. The lowest BCUT2D eigenvalue weighted by molar-refractivity contribution is -0.122. The SMILES string of the molecule is O=C(O)c1ccc(CC(C(=O)Nc2nccs2)C2CCOCC2)cc1. The van der Waals surface area contributed by atoms with Gasteiger partial charge in [-0.15, -0.1) is 11.3 Å². The summed E-state index contributed by atoms with van der Waals surface area (Å²) < 4.78 is 5.42. The lowest BCUT2D eigenvalue weighted by Crippen LogP contribution is -2.34. The van der Waals surface area contributed by atoms with Crippen molar-refractivity contribution in [3.8, 4) is 0 Å². The van der Waals surface area contributed by atoms with Crippen molar-refractivity contribution in [3.05, 3.63) is 47.0 Å². The number of rotatable bonds is 6. The molecule has 1 amide bonds. The molecule has 7 heteroatoms. The Labute approximate surface area is 149 Å². The first-order valence-electron chi connectivity index (χ1n) is 8.24. The molecule has 2 aromatic rings. The smallest absolute Gasteiger partial charge is 0.335 e. The first-order chi connectivity index (χ1) is 12.1. The van der Waals surface area contributed by atoms with E-state index in [-0.39, 0.29) is 23.3 Å². The van der Waals surface area contributed by atoms with Crippen LogP contribution < -0.4 is 5.32 Å². The monoisotopic (exact) mass is 360 g/mol. The van der Waals surface area contributed by atoms with E-state index in [1.807, 2.05) is 5.38 Å². The number of anilines is 1. The molecule has 1 atom stereocenters. The van der Waals surface area contributed by atoms with E-state index in [2.05, 4.69) is 10.3 Å². The number of carboxylic acid groups (broad SMARTS) is 1. The number of ether oxygens (including phenoxy) is 1. The fourth-order valence-corrected chi connectivity index (χ4v) is 3.64. The van der Waals surface area contributed by atoms with Crippen LogP contribution >= 0.6 is 11.3 Å². The normalized spacial score (nSPS) is 16.3. The number of amides is 1. The number of carbonyl (C=O) groups excluding carboxylic acids is 1. The second-order valence-electron chi connectivity index (χ2n) is 6.09. The predicted molar refractivity (Wildman–Crippen MR) is 94.9 cm³/mol. The van der Waals surface area contributed by atoms with Crippen molar-refractivity contribution in [2.45, 2.75) is 19.3 Å². The summed E-state index contributed by atoms with van der Waals surface area (Å²) in [6, 6.07) is 6.73. The highest BCUT2D eigenvalue weighted by Gasteiger charge is 2.30. The van der Waals surface area contributed by atoms with E-state index < -0.39 is 5.97 Å². The van der Waals surface area contributed by atoms with Gasteiger partial charge >= 0.3 is 5.97 Å². The number of nitrogens with one attached hydrogen (secondary N) is 1. The number of carbonyl (C=O) groups is 2. The summed E-state index contributed by atoms with van der Waals surface area (Å²) in [5.74, 6) is -0.936. The van der Waals surface area contributed by atoms with E-state index in [4.69, 9.17) is 9.84 Å². The molecule has 0 spiro atoms. The Bertz CT molecular complexity index is 709. The third-order valence-electron chi connectivity index (χ3n) is 4.49. The van der Waals surface area contributed by atoms with Crippen molar-refractivity contribution >= 4 is 28.3 Å². The average molecular weight is 360 g/mol. The molecule has 1 aromatic heterocycles. The minimum absolute atomic E-state index is 0.0378. The van der Waals surface area contributed by atoms with Gasteiger partial charge in [-0.1, -0.05) is 12.1 Å². The van der Waals surface area contributed by atoms with Gasteiger partial charge in [0.05, 0.1) is 5.56 Å².